The summed E-state index contributed by atoms with van der Waals surface area (Å²) < 4.78 is 4.99. The molecular weight excluding hydrogens is 142 g/mol. The molecule has 0 aliphatic rings. The molecule has 0 unspecified atom stereocenters. The second-order valence-electron chi connectivity index (χ2n) is 3.24. The first-order chi connectivity index (χ1) is 5.02. The molecule has 1 rings (SSSR count). The quantitative estimate of drug-likeness (QED) is 0.671. The molecule has 0 radical (unpaired) electrons. The third kappa shape index (κ3) is 1.82. The zero-order valence-corrected chi connectivity index (χ0v) is 6.74. The summed E-state index contributed by atoms with van der Waals surface area (Å²) >= 11 is 0. The van der Waals surface area contributed by atoms with Gasteiger partial charge in [0.2, 0.25) is 0 Å². The standard InChI is InChI=1S/C8H13NO2/c1-8(2,9)7(10)6-4-3-5-11-6/h3-5,7,10H,9H2,1-2H3/t7-/m1/s1. The summed E-state index contributed by atoms with van der Waals surface area (Å²) in [5, 5.41) is 9.53. The molecule has 0 aromatic carbocycles. The molecule has 62 valence electrons. The molecule has 3 nitrogen and oxygen atoms in total. The first-order valence-corrected chi connectivity index (χ1v) is 3.52. The lowest BCUT2D eigenvalue weighted by molar-refractivity contribution is 0.0825. The van der Waals surface area contributed by atoms with E-state index in [9.17, 15) is 5.11 Å². The van der Waals surface area contributed by atoms with Crippen molar-refractivity contribution < 1.29 is 9.52 Å². The van der Waals surface area contributed by atoms with Crippen molar-refractivity contribution in [2.75, 3.05) is 0 Å². The van der Waals surface area contributed by atoms with Crippen molar-refractivity contribution >= 4 is 0 Å². The molecule has 0 saturated carbocycles. The van der Waals surface area contributed by atoms with E-state index in [1.165, 1.54) is 6.26 Å². The van der Waals surface area contributed by atoms with Gasteiger partial charge >= 0.3 is 0 Å². The second kappa shape index (κ2) is 2.68. The maximum absolute atomic E-state index is 9.53. The summed E-state index contributed by atoms with van der Waals surface area (Å²) in [4.78, 5) is 0. The van der Waals surface area contributed by atoms with Gasteiger partial charge in [0, 0.05) is 5.54 Å². The molecule has 1 heterocycles. The lowest BCUT2D eigenvalue weighted by atomic mass is 9.97. The minimum atomic E-state index is -0.738. The fourth-order valence-electron chi connectivity index (χ4n) is 0.814. The van der Waals surface area contributed by atoms with E-state index in [1.54, 1.807) is 26.0 Å². The Morgan fingerprint density at radius 1 is 1.64 bits per heavy atom. The minimum Gasteiger partial charge on any atom is -0.467 e. The Labute approximate surface area is 65.8 Å². The van der Waals surface area contributed by atoms with Crippen LogP contribution in [0, 0.1) is 0 Å². The van der Waals surface area contributed by atoms with Crippen LogP contribution in [0.15, 0.2) is 22.8 Å². The topological polar surface area (TPSA) is 59.4 Å². The zero-order chi connectivity index (χ0) is 8.48. The van der Waals surface area contributed by atoms with Gasteiger partial charge in [-0.1, -0.05) is 0 Å². The van der Waals surface area contributed by atoms with E-state index in [2.05, 4.69) is 0 Å². The predicted molar refractivity (Wildman–Crippen MR) is 41.9 cm³/mol. The molecule has 0 amide bonds. The molecule has 1 aromatic rings. The molecule has 1 aromatic heterocycles. The van der Waals surface area contributed by atoms with Crippen LogP contribution in [0.2, 0.25) is 0 Å². The Balaban J connectivity index is 2.78. The molecule has 0 saturated heterocycles. The number of aliphatic hydroxyl groups excluding tert-OH is 1. The van der Waals surface area contributed by atoms with E-state index in [0.29, 0.717) is 5.76 Å². The van der Waals surface area contributed by atoms with Crippen molar-refractivity contribution in [3.05, 3.63) is 24.2 Å². The van der Waals surface area contributed by atoms with Gasteiger partial charge < -0.3 is 15.3 Å². The summed E-state index contributed by atoms with van der Waals surface area (Å²) in [5.41, 5.74) is 5.01. The Morgan fingerprint density at radius 3 is 2.64 bits per heavy atom. The summed E-state index contributed by atoms with van der Waals surface area (Å²) in [5.74, 6) is 0.512. The number of aliphatic hydroxyl groups is 1. The second-order valence-corrected chi connectivity index (χ2v) is 3.24. The largest absolute Gasteiger partial charge is 0.467 e. The van der Waals surface area contributed by atoms with Crippen LogP contribution in [-0.2, 0) is 0 Å². The highest BCUT2D eigenvalue weighted by Gasteiger charge is 2.26. The highest BCUT2D eigenvalue weighted by molar-refractivity contribution is 5.06. The average molecular weight is 155 g/mol. The van der Waals surface area contributed by atoms with Gasteiger partial charge in [0.15, 0.2) is 0 Å². The SMILES string of the molecule is CC(C)(N)[C@H](O)c1ccco1. The molecule has 0 aliphatic carbocycles. The van der Waals surface area contributed by atoms with Crippen LogP contribution >= 0.6 is 0 Å². The fourth-order valence-corrected chi connectivity index (χ4v) is 0.814. The highest BCUT2D eigenvalue weighted by atomic mass is 16.4. The first kappa shape index (κ1) is 8.30. The highest BCUT2D eigenvalue weighted by Crippen LogP contribution is 2.22. The van der Waals surface area contributed by atoms with E-state index in [-0.39, 0.29) is 0 Å². The van der Waals surface area contributed by atoms with Gasteiger partial charge in [0.25, 0.3) is 0 Å². The number of hydrogen-bond acceptors (Lipinski definition) is 3. The van der Waals surface area contributed by atoms with E-state index in [0.717, 1.165) is 0 Å². The van der Waals surface area contributed by atoms with E-state index < -0.39 is 11.6 Å². The number of hydrogen-bond donors (Lipinski definition) is 2. The van der Waals surface area contributed by atoms with Crippen LogP contribution in [0.3, 0.4) is 0 Å². The van der Waals surface area contributed by atoms with Crippen molar-refractivity contribution in [3.8, 4) is 0 Å². The summed E-state index contributed by atoms with van der Waals surface area (Å²) in [6, 6.07) is 3.43. The van der Waals surface area contributed by atoms with Crippen molar-refractivity contribution in [2.45, 2.75) is 25.5 Å². The van der Waals surface area contributed by atoms with Gasteiger partial charge in [0.1, 0.15) is 11.9 Å². The van der Waals surface area contributed by atoms with Gasteiger partial charge in [-0.05, 0) is 26.0 Å². The van der Waals surface area contributed by atoms with Crippen LogP contribution in [0.25, 0.3) is 0 Å². The summed E-state index contributed by atoms with van der Waals surface area (Å²) in [7, 11) is 0. The number of nitrogens with two attached hydrogens (primary N) is 1. The van der Waals surface area contributed by atoms with Crippen molar-refractivity contribution in [2.24, 2.45) is 5.73 Å². The lowest BCUT2D eigenvalue weighted by Crippen LogP contribution is -2.38. The summed E-state index contributed by atoms with van der Waals surface area (Å²) in [6.45, 7) is 3.50. The molecule has 0 aliphatic heterocycles. The van der Waals surface area contributed by atoms with Gasteiger partial charge in [-0.3, -0.25) is 0 Å². The summed E-state index contributed by atoms with van der Waals surface area (Å²) in [6.07, 6.45) is 0.780. The smallest absolute Gasteiger partial charge is 0.134 e. The van der Waals surface area contributed by atoms with E-state index in [1.807, 2.05) is 0 Å². The Hall–Kier alpha value is -0.800. The molecule has 3 N–H and O–H groups in total. The normalized spacial score (nSPS) is 14.9. The Kier molecular flexibility index (Phi) is 2.02. The zero-order valence-electron chi connectivity index (χ0n) is 6.74. The maximum atomic E-state index is 9.53. The van der Waals surface area contributed by atoms with Crippen molar-refractivity contribution in [1.29, 1.82) is 0 Å². The van der Waals surface area contributed by atoms with Gasteiger partial charge in [0.05, 0.1) is 6.26 Å². The first-order valence-electron chi connectivity index (χ1n) is 3.52. The molecule has 0 bridgehead atoms. The van der Waals surface area contributed by atoms with E-state index in [4.69, 9.17) is 10.2 Å². The van der Waals surface area contributed by atoms with Gasteiger partial charge in [-0.2, -0.15) is 0 Å². The van der Waals surface area contributed by atoms with Crippen LogP contribution < -0.4 is 5.73 Å². The van der Waals surface area contributed by atoms with Crippen LogP contribution in [0.1, 0.15) is 25.7 Å². The third-order valence-corrected chi connectivity index (χ3v) is 1.52. The molecule has 11 heavy (non-hydrogen) atoms. The molecule has 3 heteroatoms. The third-order valence-electron chi connectivity index (χ3n) is 1.52. The van der Waals surface area contributed by atoms with Gasteiger partial charge in [-0.15, -0.1) is 0 Å². The number of furan rings is 1. The lowest BCUT2D eigenvalue weighted by Gasteiger charge is -2.23. The Morgan fingerprint density at radius 2 is 2.27 bits per heavy atom. The van der Waals surface area contributed by atoms with Crippen molar-refractivity contribution in [3.63, 3.8) is 0 Å². The molecular formula is C8H13NO2. The van der Waals surface area contributed by atoms with Crippen molar-refractivity contribution in [1.82, 2.24) is 0 Å². The Bertz CT molecular complexity index is 210. The monoisotopic (exact) mass is 155 g/mol. The molecule has 1 atom stereocenters. The van der Waals surface area contributed by atoms with Crippen LogP contribution in [-0.4, -0.2) is 10.6 Å². The number of rotatable bonds is 2. The fraction of sp³-hybridized carbons (Fsp3) is 0.500. The minimum absolute atomic E-state index is 0.512. The molecule has 0 spiro atoms. The predicted octanol–water partition coefficient (Wildman–Crippen LogP) is 1.05. The maximum Gasteiger partial charge on any atom is 0.134 e. The van der Waals surface area contributed by atoms with Crippen LogP contribution in [0.5, 0.6) is 0 Å². The van der Waals surface area contributed by atoms with Crippen LogP contribution in [0.4, 0.5) is 0 Å². The van der Waals surface area contributed by atoms with E-state index >= 15 is 0 Å². The molecule has 0 fully saturated rings. The average Bonchev–Trinajstić information content (AvgIpc) is 2.34. The van der Waals surface area contributed by atoms with Gasteiger partial charge in [-0.25, -0.2) is 0 Å².